The normalized spacial score (nSPS) is 15.4. The third kappa shape index (κ3) is 23.9. The molecule has 15 aromatic rings. The number of fused-ring (bicyclic) bond motifs is 12. The molecular formula is C105H111Cl5N16O12. The number of hydrogen-bond donors (Lipinski definition) is 4. The summed E-state index contributed by atoms with van der Waals surface area (Å²) < 4.78 is 51.2. The number of benzene rings is 8. The zero-order valence-electron chi connectivity index (χ0n) is 77.8. The number of ether oxygens (including phenoxy) is 8. The van der Waals surface area contributed by atoms with Gasteiger partial charge in [-0.15, -0.1) is 18.0 Å². The number of carbonyl (C=O) groups excluding carboxylic acids is 4. The average molecular weight is 1970 g/mol. The van der Waals surface area contributed by atoms with Crippen molar-refractivity contribution in [3.8, 4) is 35.3 Å². The third-order valence-electron chi connectivity index (χ3n) is 24.2. The first-order valence-electron chi connectivity index (χ1n) is 46.5. The van der Waals surface area contributed by atoms with E-state index in [4.69, 9.17) is 102 Å². The molecule has 0 saturated carbocycles. The van der Waals surface area contributed by atoms with E-state index in [1.54, 1.807) is 42.9 Å². The molecule has 0 fully saturated rings. The highest BCUT2D eigenvalue weighted by atomic mass is 35.5. The SMILES string of the molecule is C#CCOC(=O)N1CCc2c([nH]c3ccc(Cl)cc23)C1c1ccc(OCCCn2cncn2)cc1.CC(C)(C)COC(=O)N1CCc2c([nH]c3ccc(Cl)cc23)C1c1ccc(OCCCn2ccnc2)cc1.CC(C)OC(=O)N1CCc2c([nH]c3ccc(Cl)cc23)C1c1ccc(OCCCn2cncn2)cc1.CCCOC(=O)N1CCc2c([nH]c3ccc(Cl)cc23)C1c1ccc(OCCCCl)cc1. The van der Waals surface area contributed by atoms with Crippen molar-refractivity contribution in [2.75, 3.05) is 78.3 Å². The zero-order chi connectivity index (χ0) is 96.4. The Balaban J connectivity index is 0.000000133. The lowest BCUT2D eigenvalue weighted by Crippen LogP contribution is -2.41. The smallest absolute Gasteiger partial charge is 0.411 e. The number of amides is 4. The molecule has 33 heteroatoms. The molecule has 4 amide bonds. The van der Waals surface area contributed by atoms with Crippen molar-refractivity contribution in [2.24, 2.45) is 5.41 Å². The Labute approximate surface area is 825 Å². The molecular weight excluding hydrogens is 1850 g/mol. The van der Waals surface area contributed by atoms with Gasteiger partial charge in [0.25, 0.3) is 0 Å². The van der Waals surface area contributed by atoms with E-state index in [-0.39, 0.29) is 60.6 Å². The van der Waals surface area contributed by atoms with Crippen molar-refractivity contribution >= 4 is 126 Å². The lowest BCUT2D eigenvalue weighted by atomic mass is 9.92. The molecule has 4 N–H and O–H groups in total. The lowest BCUT2D eigenvalue weighted by Gasteiger charge is -2.36. The summed E-state index contributed by atoms with van der Waals surface area (Å²) in [5, 5.41) is 15.3. The third-order valence-corrected chi connectivity index (χ3v) is 25.4. The van der Waals surface area contributed by atoms with Gasteiger partial charge in [-0.1, -0.05) is 129 Å². The summed E-state index contributed by atoms with van der Waals surface area (Å²) in [7, 11) is 0. The van der Waals surface area contributed by atoms with Crippen LogP contribution in [0.25, 0.3) is 43.6 Å². The maximum atomic E-state index is 13.3. The molecule has 4 atom stereocenters. The van der Waals surface area contributed by atoms with Gasteiger partial charge in [-0.25, -0.2) is 34.1 Å². The van der Waals surface area contributed by atoms with Crippen molar-refractivity contribution in [3.05, 3.63) is 301 Å². The molecule has 4 aliphatic rings. The molecule has 8 aromatic carbocycles. The summed E-state index contributed by atoms with van der Waals surface area (Å²) in [4.78, 5) is 85.4. The van der Waals surface area contributed by atoms with Gasteiger partial charge < -0.3 is 62.4 Å². The summed E-state index contributed by atoms with van der Waals surface area (Å²) in [5.74, 6) is 6.06. The first-order chi connectivity index (χ1) is 67.0. The quantitative estimate of drug-likeness (QED) is 0.0153. The van der Waals surface area contributed by atoms with Crippen LogP contribution in [0.2, 0.25) is 20.1 Å². The van der Waals surface area contributed by atoms with Crippen LogP contribution in [0, 0.1) is 17.8 Å². The molecule has 718 valence electrons. The molecule has 0 bridgehead atoms. The Morgan fingerprint density at radius 3 is 1.09 bits per heavy atom. The highest BCUT2D eigenvalue weighted by molar-refractivity contribution is 6.32. The second kappa shape index (κ2) is 45.8. The number of nitrogens with one attached hydrogen (secondary N) is 4. The van der Waals surface area contributed by atoms with Gasteiger partial charge in [0, 0.05) is 163 Å². The van der Waals surface area contributed by atoms with E-state index >= 15 is 0 Å². The van der Waals surface area contributed by atoms with Gasteiger partial charge in [-0.3, -0.25) is 29.0 Å². The van der Waals surface area contributed by atoms with Gasteiger partial charge in [0.05, 0.1) is 52.1 Å². The van der Waals surface area contributed by atoms with Crippen molar-refractivity contribution < 1.29 is 57.1 Å². The van der Waals surface area contributed by atoms with E-state index in [0.717, 1.165) is 188 Å². The molecule has 0 spiro atoms. The minimum Gasteiger partial charge on any atom is -0.494 e. The van der Waals surface area contributed by atoms with Crippen molar-refractivity contribution in [2.45, 2.75) is 149 Å². The van der Waals surface area contributed by atoms with Crippen LogP contribution in [0.5, 0.6) is 23.0 Å². The molecule has 11 heterocycles. The number of hydrogen-bond acceptors (Lipinski definition) is 17. The van der Waals surface area contributed by atoms with E-state index in [9.17, 15) is 19.2 Å². The number of rotatable bonds is 28. The molecule has 28 nitrogen and oxygen atoms in total. The van der Waals surface area contributed by atoms with Gasteiger partial charge in [0.1, 0.15) is 72.5 Å². The van der Waals surface area contributed by atoms with E-state index in [1.807, 2.05) is 213 Å². The second-order valence-corrected chi connectivity index (χ2v) is 37.6. The van der Waals surface area contributed by atoms with Crippen LogP contribution in [0.4, 0.5) is 19.2 Å². The summed E-state index contributed by atoms with van der Waals surface area (Å²) in [6, 6.07) is 53.8. The van der Waals surface area contributed by atoms with Gasteiger partial charge in [0.2, 0.25) is 0 Å². The number of aromatic nitrogens is 12. The van der Waals surface area contributed by atoms with Crippen LogP contribution in [-0.4, -0.2) is 187 Å². The molecule has 7 aromatic heterocycles. The average Bonchev–Trinajstić information content (AvgIpc) is 1.61. The summed E-state index contributed by atoms with van der Waals surface area (Å²) in [5.41, 5.74) is 16.5. The first kappa shape index (κ1) is 97.8. The maximum absolute atomic E-state index is 13.3. The van der Waals surface area contributed by atoms with Crippen molar-refractivity contribution in [1.29, 1.82) is 0 Å². The predicted octanol–water partition coefficient (Wildman–Crippen LogP) is 22.9. The van der Waals surface area contributed by atoms with Gasteiger partial charge >= 0.3 is 24.4 Å². The summed E-state index contributed by atoms with van der Waals surface area (Å²) >= 11 is 30.9. The number of H-pyrrole nitrogens is 4. The molecule has 4 unspecified atom stereocenters. The lowest BCUT2D eigenvalue weighted by molar-refractivity contribution is 0.0620. The Bertz CT molecular complexity index is 6660. The molecule has 0 radical (unpaired) electrons. The fraction of sp³-hybridized carbons (Fsp3) is 0.343. The highest BCUT2D eigenvalue weighted by Crippen LogP contribution is 2.46. The highest BCUT2D eigenvalue weighted by Gasteiger charge is 2.41. The van der Waals surface area contributed by atoms with Crippen LogP contribution < -0.4 is 18.9 Å². The predicted molar refractivity (Wildman–Crippen MR) is 536 cm³/mol. The number of nitrogens with zero attached hydrogens (tertiary/aromatic N) is 12. The Kier molecular flexibility index (Phi) is 32.4. The zero-order valence-corrected chi connectivity index (χ0v) is 81.6. The van der Waals surface area contributed by atoms with Gasteiger partial charge in [-0.2, -0.15) is 10.2 Å². The van der Waals surface area contributed by atoms with Gasteiger partial charge in [-0.05, 0) is 230 Å². The molecule has 4 aliphatic heterocycles. The minimum absolute atomic E-state index is 0.0708. The number of halogens is 5. The van der Waals surface area contributed by atoms with E-state index in [1.165, 1.54) is 29.3 Å². The number of aryl methyl sites for hydroxylation is 3. The van der Waals surface area contributed by atoms with E-state index < -0.39 is 6.09 Å². The topological polar surface area (TPSA) is 297 Å². The largest absolute Gasteiger partial charge is 0.494 e. The fourth-order valence-corrected chi connectivity index (χ4v) is 18.7. The monoisotopic (exact) mass is 1960 g/mol. The molecule has 0 saturated heterocycles. The Morgan fingerprint density at radius 2 is 0.775 bits per heavy atom. The Hall–Kier alpha value is -13.3. The summed E-state index contributed by atoms with van der Waals surface area (Å²) in [6.07, 6.45) is 22.7. The van der Waals surface area contributed by atoms with Crippen LogP contribution in [0.1, 0.15) is 165 Å². The number of aromatic amines is 4. The minimum atomic E-state index is -0.441. The number of terminal acetylenes is 1. The van der Waals surface area contributed by atoms with Crippen LogP contribution in [-0.2, 0) is 64.3 Å². The second-order valence-electron chi connectivity index (χ2n) is 35.5. The van der Waals surface area contributed by atoms with Gasteiger partial charge in [0.15, 0.2) is 6.61 Å². The van der Waals surface area contributed by atoms with Crippen LogP contribution >= 0.6 is 58.0 Å². The standard InChI is InChI=1S/C29H33ClN4O3.C26H28ClN5O3.C26H24ClN5O3.C24H26Cl2N2O3/c1-29(2,3)18-37-28(35)34-14-11-23-24-17-21(30)7-10-25(24)32-26(23)27(34)20-5-8-22(9-6-20)36-16-4-13-33-15-12-31-19-33;1-17(2)35-26(33)32-12-10-21-22-14-19(27)6-9-23(22)30-24(21)25(32)18-4-7-20(8-5-18)34-13-3-11-31-16-28-15-29-31;1-2-13-35-26(33)32-12-10-21-22-15-19(27)6-9-23(22)30-24(21)25(32)18-4-7-20(8-5-18)34-14-3-11-31-17-28-16-29-31;1-2-13-31-24(29)28-12-10-19-20-15-17(26)6-9-21(20)27-22(19)23(28)16-4-7-18(8-5-16)30-14-3-11-25/h5-10,12,15,17,19,27,32H,4,11,13-14,16,18H2,1-3H3;4-9,14-17,25,30H,3,10-13H2,1-2H3;1,4-9,15-17,25,30H,3,10-14H2;4-9,15,23,27H,2-3,10-14H2,1H3. The van der Waals surface area contributed by atoms with Crippen molar-refractivity contribution in [3.63, 3.8) is 0 Å². The maximum Gasteiger partial charge on any atom is 0.411 e. The first-order valence-corrected chi connectivity index (χ1v) is 48.6. The number of carbonyl (C=O) groups is 4. The van der Waals surface area contributed by atoms with E-state index in [0.29, 0.717) is 98.2 Å². The van der Waals surface area contributed by atoms with Crippen molar-refractivity contribution in [1.82, 2.24) is 78.6 Å². The molecule has 138 heavy (non-hydrogen) atoms. The van der Waals surface area contributed by atoms with Crippen LogP contribution in [0.3, 0.4) is 0 Å². The molecule has 0 aliphatic carbocycles. The Morgan fingerprint density at radius 1 is 0.435 bits per heavy atom. The number of alkyl halides is 1. The van der Waals surface area contributed by atoms with E-state index in [2.05, 4.69) is 71.8 Å². The number of imidazole rings is 1. The summed E-state index contributed by atoms with van der Waals surface area (Å²) in [6.45, 7) is 19.4. The fourth-order valence-electron chi connectivity index (χ4n) is 17.9. The molecule has 19 rings (SSSR count). The van der Waals surface area contributed by atoms with Crippen LogP contribution in [0.15, 0.2) is 214 Å².